The van der Waals surface area contributed by atoms with Crippen molar-refractivity contribution in [3.63, 3.8) is 0 Å². The van der Waals surface area contributed by atoms with Crippen LogP contribution >= 0.6 is 0 Å². The average Bonchev–Trinajstić information content (AvgIpc) is 3.53. The van der Waals surface area contributed by atoms with Gasteiger partial charge in [0.25, 0.3) is 0 Å². The Hall–Kier alpha value is -4.70. The van der Waals surface area contributed by atoms with Gasteiger partial charge in [-0.05, 0) is 53.9 Å². The minimum atomic E-state index is -0.710. The molecule has 37 heavy (non-hydrogen) atoms. The van der Waals surface area contributed by atoms with E-state index >= 15 is 4.39 Å². The molecule has 1 atom stereocenters. The molecule has 0 radical (unpaired) electrons. The summed E-state index contributed by atoms with van der Waals surface area (Å²) in [5.41, 5.74) is 5.32. The zero-order valence-corrected chi connectivity index (χ0v) is 19.6. The normalized spacial score (nSPS) is 12.3. The first-order valence-electron chi connectivity index (χ1n) is 11.7. The van der Waals surface area contributed by atoms with Gasteiger partial charge in [-0.3, -0.25) is 10.1 Å². The van der Waals surface area contributed by atoms with Gasteiger partial charge in [0, 0.05) is 28.9 Å². The van der Waals surface area contributed by atoms with Crippen LogP contribution in [0.4, 0.5) is 14.5 Å². The van der Waals surface area contributed by atoms with Crippen LogP contribution in [0.2, 0.25) is 0 Å². The van der Waals surface area contributed by atoms with E-state index in [4.69, 9.17) is 0 Å². The molecule has 0 amide bonds. The van der Waals surface area contributed by atoms with E-state index in [-0.39, 0.29) is 11.3 Å². The predicted molar refractivity (Wildman–Crippen MR) is 137 cm³/mol. The zero-order valence-electron chi connectivity index (χ0n) is 19.6. The maximum absolute atomic E-state index is 15.1. The van der Waals surface area contributed by atoms with Crippen LogP contribution in [0, 0.1) is 11.6 Å². The second kappa shape index (κ2) is 9.07. The summed E-state index contributed by atoms with van der Waals surface area (Å²) in [6.07, 6.45) is 4.68. The van der Waals surface area contributed by atoms with Crippen molar-refractivity contribution in [2.75, 3.05) is 5.32 Å². The Kier molecular flexibility index (Phi) is 5.57. The lowest BCUT2D eigenvalue weighted by Crippen LogP contribution is -2.16. The lowest BCUT2D eigenvalue weighted by atomic mass is 10.0. The van der Waals surface area contributed by atoms with Gasteiger partial charge in [0.15, 0.2) is 17.3 Å². The number of hydrogen-bond donors (Lipinski definition) is 4. The van der Waals surface area contributed by atoms with Crippen molar-refractivity contribution in [3.8, 4) is 33.8 Å². The molecule has 0 aliphatic rings. The first kappa shape index (κ1) is 22.7. The fourth-order valence-corrected chi connectivity index (χ4v) is 4.29. The van der Waals surface area contributed by atoms with Crippen LogP contribution in [-0.2, 0) is 0 Å². The molecule has 0 aliphatic heterocycles. The molecule has 10 heteroatoms. The summed E-state index contributed by atoms with van der Waals surface area (Å²) >= 11 is 0. The average molecular weight is 498 g/mol. The molecule has 0 spiro atoms. The van der Waals surface area contributed by atoms with Crippen molar-refractivity contribution in [2.45, 2.75) is 19.6 Å². The Balaban J connectivity index is 1.45. The van der Waals surface area contributed by atoms with Crippen LogP contribution in [0.25, 0.3) is 55.8 Å². The number of aliphatic hydroxyl groups excluding tert-OH is 1. The Labute approximate surface area is 209 Å². The van der Waals surface area contributed by atoms with E-state index < -0.39 is 12.0 Å². The lowest BCUT2D eigenvalue weighted by molar-refractivity contribution is 0.199. The highest BCUT2D eigenvalue weighted by Gasteiger charge is 2.18. The number of fused-ring (bicyclic) bond motifs is 2. The minimum absolute atomic E-state index is 0.176. The molecule has 1 unspecified atom stereocenters. The van der Waals surface area contributed by atoms with Gasteiger partial charge in [-0.1, -0.05) is 19.1 Å². The van der Waals surface area contributed by atoms with E-state index in [1.54, 1.807) is 36.8 Å². The molecule has 6 rings (SSSR count). The van der Waals surface area contributed by atoms with E-state index in [2.05, 4.69) is 35.5 Å². The van der Waals surface area contributed by atoms with Crippen molar-refractivity contribution in [2.24, 2.45) is 0 Å². The van der Waals surface area contributed by atoms with Crippen LogP contribution in [0.5, 0.6) is 0 Å². The van der Waals surface area contributed by atoms with E-state index in [9.17, 15) is 9.50 Å². The number of H-pyrrole nitrogens is 2. The van der Waals surface area contributed by atoms with Gasteiger partial charge in [-0.25, -0.2) is 18.7 Å². The molecule has 4 heterocycles. The van der Waals surface area contributed by atoms with Gasteiger partial charge in [0.05, 0.1) is 17.4 Å². The number of aliphatic hydroxyl groups is 1. The number of benzene rings is 2. The van der Waals surface area contributed by atoms with E-state index in [1.807, 2.05) is 19.1 Å². The standard InChI is InChI=1S/C27H21F2N7O/c1-2-22(37)32-18-9-16(12-30-13-18)15-10-20-23(21(29)11-15)35-36-25(20)27-33-24-19(7-8-31-26(24)34-27)14-3-5-17(28)6-4-14/h3-13,22,32,37H,2H2,1H3,(H,35,36)(H,31,33,34). The number of nitrogens with zero attached hydrogens (tertiary/aromatic N) is 4. The van der Waals surface area contributed by atoms with Crippen molar-refractivity contribution in [1.29, 1.82) is 0 Å². The Morgan fingerprint density at radius 3 is 2.65 bits per heavy atom. The third-order valence-corrected chi connectivity index (χ3v) is 6.19. The predicted octanol–water partition coefficient (Wildman–Crippen LogP) is 5.65. The van der Waals surface area contributed by atoms with Crippen molar-refractivity contribution in [1.82, 2.24) is 30.1 Å². The number of imidazole rings is 1. The molecule has 8 nitrogen and oxygen atoms in total. The number of rotatable bonds is 6. The first-order valence-corrected chi connectivity index (χ1v) is 11.7. The molecular weight excluding hydrogens is 476 g/mol. The summed E-state index contributed by atoms with van der Waals surface area (Å²) < 4.78 is 28.6. The smallest absolute Gasteiger partial charge is 0.178 e. The molecule has 4 aromatic heterocycles. The largest absolute Gasteiger partial charge is 0.374 e. The first-order chi connectivity index (χ1) is 18.0. The maximum Gasteiger partial charge on any atom is 0.178 e. The van der Waals surface area contributed by atoms with Crippen LogP contribution in [0.15, 0.2) is 67.1 Å². The fraction of sp³-hybridized carbons (Fsp3) is 0.111. The third-order valence-electron chi connectivity index (χ3n) is 6.19. The van der Waals surface area contributed by atoms with Gasteiger partial charge in [-0.15, -0.1) is 0 Å². The van der Waals surface area contributed by atoms with E-state index in [0.29, 0.717) is 51.3 Å². The zero-order chi connectivity index (χ0) is 25.5. The Morgan fingerprint density at radius 2 is 1.84 bits per heavy atom. The van der Waals surface area contributed by atoms with Gasteiger partial charge in [0.1, 0.15) is 23.3 Å². The quantitative estimate of drug-likeness (QED) is 0.221. The summed E-state index contributed by atoms with van der Waals surface area (Å²) in [4.78, 5) is 16.5. The summed E-state index contributed by atoms with van der Waals surface area (Å²) in [5.74, 6) is -0.377. The summed E-state index contributed by atoms with van der Waals surface area (Å²) in [6, 6.07) is 13.0. The minimum Gasteiger partial charge on any atom is -0.374 e. The second-order valence-electron chi connectivity index (χ2n) is 8.63. The van der Waals surface area contributed by atoms with Crippen molar-refractivity contribution < 1.29 is 13.9 Å². The monoisotopic (exact) mass is 497 g/mol. The molecule has 0 fully saturated rings. The van der Waals surface area contributed by atoms with E-state index in [0.717, 1.165) is 11.1 Å². The molecule has 0 aliphatic carbocycles. The van der Waals surface area contributed by atoms with Crippen molar-refractivity contribution in [3.05, 3.63) is 78.8 Å². The van der Waals surface area contributed by atoms with Gasteiger partial charge >= 0.3 is 0 Å². The van der Waals surface area contributed by atoms with E-state index in [1.165, 1.54) is 18.2 Å². The van der Waals surface area contributed by atoms with Gasteiger partial charge in [0.2, 0.25) is 0 Å². The number of aromatic amines is 2. The highest BCUT2D eigenvalue weighted by molar-refractivity contribution is 5.97. The Bertz CT molecular complexity index is 1740. The van der Waals surface area contributed by atoms with Crippen LogP contribution in [0.1, 0.15) is 13.3 Å². The Morgan fingerprint density at radius 1 is 1.00 bits per heavy atom. The SMILES string of the molecule is CCC(O)Nc1cncc(-c2cc(F)c3n[nH]c(-c4nc5nccc(-c6ccc(F)cc6)c5[nH]4)c3c2)c1. The topological polar surface area (TPSA) is 115 Å². The maximum atomic E-state index is 15.1. The number of halogens is 2. The molecule has 6 aromatic rings. The highest BCUT2D eigenvalue weighted by Crippen LogP contribution is 2.34. The summed E-state index contributed by atoms with van der Waals surface area (Å²) in [6.45, 7) is 1.86. The molecule has 2 aromatic carbocycles. The highest BCUT2D eigenvalue weighted by atomic mass is 19.1. The fourth-order valence-electron chi connectivity index (χ4n) is 4.29. The van der Waals surface area contributed by atoms with Crippen LogP contribution in [-0.4, -0.2) is 41.5 Å². The number of hydrogen-bond acceptors (Lipinski definition) is 6. The molecule has 0 saturated heterocycles. The number of nitrogens with one attached hydrogen (secondary N) is 3. The second-order valence-corrected chi connectivity index (χ2v) is 8.63. The summed E-state index contributed by atoms with van der Waals surface area (Å²) in [7, 11) is 0. The van der Waals surface area contributed by atoms with Crippen LogP contribution < -0.4 is 5.32 Å². The molecular formula is C27H21F2N7O. The number of aromatic nitrogens is 6. The number of pyridine rings is 2. The number of anilines is 1. The lowest BCUT2D eigenvalue weighted by Gasteiger charge is -2.12. The van der Waals surface area contributed by atoms with Gasteiger partial charge in [-0.2, -0.15) is 5.10 Å². The molecule has 184 valence electrons. The third kappa shape index (κ3) is 4.17. The van der Waals surface area contributed by atoms with Crippen molar-refractivity contribution >= 4 is 27.8 Å². The molecule has 4 N–H and O–H groups in total. The summed E-state index contributed by atoms with van der Waals surface area (Å²) in [5, 5.41) is 20.5. The molecule has 0 bridgehead atoms. The van der Waals surface area contributed by atoms with Crippen LogP contribution in [0.3, 0.4) is 0 Å². The van der Waals surface area contributed by atoms with Gasteiger partial charge < -0.3 is 15.4 Å². The molecule has 0 saturated carbocycles.